The lowest BCUT2D eigenvalue weighted by atomic mass is 9.94. The van der Waals surface area contributed by atoms with Gasteiger partial charge in [-0.1, -0.05) is 121 Å². The van der Waals surface area contributed by atoms with Crippen LogP contribution in [0.15, 0.2) is 181 Å². The summed E-state index contributed by atoms with van der Waals surface area (Å²) in [5.41, 5.74) is 12.5. The summed E-state index contributed by atoms with van der Waals surface area (Å²) in [5, 5.41) is 2.52. The smallest absolute Gasteiger partial charge is 0.0536 e. The van der Waals surface area contributed by atoms with E-state index in [2.05, 4.69) is 201 Å². The molecule has 5 aromatic rings. The molecule has 5 aromatic carbocycles. The second kappa shape index (κ2) is 14.7. The van der Waals surface area contributed by atoms with E-state index < -0.39 is 0 Å². The van der Waals surface area contributed by atoms with Gasteiger partial charge < -0.3 is 9.80 Å². The van der Waals surface area contributed by atoms with E-state index >= 15 is 0 Å². The molecule has 0 saturated carbocycles. The molecule has 0 N–H and O–H groups in total. The molecule has 0 bridgehead atoms. The van der Waals surface area contributed by atoms with Gasteiger partial charge >= 0.3 is 0 Å². The van der Waals surface area contributed by atoms with Gasteiger partial charge in [0.2, 0.25) is 0 Å². The number of hydrogen-bond acceptors (Lipinski definition) is 2. The Labute approximate surface area is 292 Å². The highest BCUT2D eigenvalue weighted by molar-refractivity contribution is 5.97. The van der Waals surface area contributed by atoms with Gasteiger partial charge in [-0.05, 0) is 122 Å². The van der Waals surface area contributed by atoms with Gasteiger partial charge in [0.25, 0.3) is 0 Å². The van der Waals surface area contributed by atoms with Crippen molar-refractivity contribution in [2.24, 2.45) is 0 Å². The summed E-state index contributed by atoms with van der Waals surface area (Å²) in [6, 6.07) is 40.1. The Morgan fingerprint density at radius 3 is 2.14 bits per heavy atom. The van der Waals surface area contributed by atoms with Gasteiger partial charge in [0.05, 0.1) is 5.69 Å². The van der Waals surface area contributed by atoms with Gasteiger partial charge in [-0.25, -0.2) is 0 Å². The molecule has 2 heteroatoms. The number of hydrogen-bond donors (Lipinski definition) is 0. The van der Waals surface area contributed by atoms with Crippen LogP contribution < -0.4 is 9.80 Å². The zero-order chi connectivity index (χ0) is 33.6. The maximum absolute atomic E-state index is 2.46. The summed E-state index contributed by atoms with van der Waals surface area (Å²) in [5.74, 6) is 0. The molecule has 0 amide bonds. The molecule has 2 aliphatic carbocycles. The van der Waals surface area contributed by atoms with Gasteiger partial charge in [0.15, 0.2) is 0 Å². The third kappa shape index (κ3) is 7.00. The monoisotopic (exact) mass is 636 g/mol. The lowest BCUT2D eigenvalue weighted by Gasteiger charge is -2.31. The van der Waals surface area contributed by atoms with Crippen LogP contribution in [0, 0.1) is 13.8 Å². The van der Waals surface area contributed by atoms with Crippen LogP contribution in [0.2, 0.25) is 0 Å². The topological polar surface area (TPSA) is 6.48 Å². The van der Waals surface area contributed by atoms with Crippen molar-refractivity contribution in [2.45, 2.75) is 46.1 Å². The van der Waals surface area contributed by atoms with Crippen molar-refractivity contribution in [3.63, 3.8) is 0 Å². The number of rotatable bonds is 9. The summed E-state index contributed by atoms with van der Waals surface area (Å²) in [7, 11) is 0. The number of anilines is 4. The first-order valence-electron chi connectivity index (χ1n) is 17.5. The second-order valence-electron chi connectivity index (χ2n) is 13.0. The minimum absolute atomic E-state index is 0.164. The number of allylic oxidation sites excluding steroid dienone is 11. The highest BCUT2D eigenvalue weighted by Crippen LogP contribution is 2.40. The van der Waals surface area contributed by atoms with Crippen molar-refractivity contribution in [1.82, 2.24) is 0 Å². The fourth-order valence-electron chi connectivity index (χ4n) is 7.12. The van der Waals surface area contributed by atoms with Crippen LogP contribution in [-0.2, 0) is 0 Å². The number of benzene rings is 5. The Kier molecular flexibility index (Phi) is 9.57. The average Bonchev–Trinajstić information content (AvgIpc) is 3.14. The highest BCUT2D eigenvalue weighted by atomic mass is 15.2. The van der Waals surface area contributed by atoms with Crippen LogP contribution >= 0.6 is 0 Å². The summed E-state index contributed by atoms with van der Waals surface area (Å²) in [6.45, 7) is 6.76. The van der Waals surface area contributed by atoms with Crippen molar-refractivity contribution >= 4 is 33.5 Å². The van der Waals surface area contributed by atoms with Gasteiger partial charge in [-0.2, -0.15) is 0 Å². The highest BCUT2D eigenvalue weighted by Gasteiger charge is 2.20. The molecule has 0 fully saturated rings. The molecule has 0 aliphatic heterocycles. The fourth-order valence-corrected chi connectivity index (χ4v) is 7.12. The molecule has 0 spiro atoms. The maximum Gasteiger partial charge on any atom is 0.0536 e. The van der Waals surface area contributed by atoms with E-state index in [9.17, 15) is 0 Å². The molecule has 0 radical (unpaired) electrons. The average molecular weight is 637 g/mol. The zero-order valence-corrected chi connectivity index (χ0v) is 28.8. The molecule has 1 atom stereocenters. The van der Waals surface area contributed by atoms with Crippen molar-refractivity contribution in [3.8, 4) is 11.1 Å². The quantitative estimate of drug-likeness (QED) is 0.159. The van der Waals surface area contributed by atoms with E-state index in [0.717, 1.165) is 19.3 Å². The largest absolute Gasteiger partial charge is 0.335 e. The van der Waals surface area contributed by atoms with Crippen LogP contribution in [0.25, 0.3) is 21.9 Å². The van der Waals surface area contributed by atoms with Crippen LogP contribution in [0.3, 0.4) is 0 Å². The van der Waals surface area contributed by atoms with Crippen LogP contribution in [0.4, 0.5) is 22.7 Å². The van der Waals surface area contributed by atoms with Crippen LogP contribution in [0.5, 0.6) is 0 Å². The minimum atomic E-state index is 0.164. The third-order valence-electron chi connectivity index (χ3n) is 9.59. The minimum Gasteiger partial charge on any atom is -0.335 e. The molecule has 7 rings (SSSR count). The van der Waals surface area contributed by atoms with Crippen molar-refractivity contribution in [1.29, 1.82) is 0 Å². The summed E-state index contributed by atoms with van der Waals surface area (Å²) in [6.07, 6.45) is 25.1. The molecule has 49 heavy (non-hydrogen) atoms. The third-order valence-corrected chi connectivity index (χ3v) is 9.59. The molecular formula is C47H44N2. The van der Waals surface area contributed by atoms with Crippen molar-refractivity contribution < 1.29 is 0 Å². The zero-order valence-electron chi connectivity index (χ0n) is 28.8. The first-order chi connectivity index (χ1) is 24.1. The van der Waals surface area contributed by atoms with Crippen molar-refractivity contribution in [2.75, 3.05) is 9.80 Å². The Balaban J connectivity index is 1.22. The number of aryl methyl sites for hydroxylation is 2. The van der Waals surface area contributed by atoms with Gasteiger partial charge in [0.1, 0.15) is 0 Å². The predicted molar refractivity (Wildman–Crippen MR) is 212 cm³/mol. The molecule has 2 aliphatic rings. The molecule has 242 valence electrons. The van der Waals surface area contributed by atoms with Gasteiger partial charge in [0, 0.05) is 34.2 Å². The molecule has 0 saturated heterocycles. The van der Waals surface area contributed by atoms with Crippen LogP contribution in [-0.4, -0.2) is 6.04 Å². The predicted octanol–water partition coefficient (Wildman–Crippen LogP) is 13.0. The Hall–Kier alpha value is -5.60. The fraction of sp³-hybridized carbons (Fsp3) is 0.149. The molecule has 1 unspecified atom stereocenters. The molecule has 0 aromatic heterocycles. The van der Waals surface area contributed by atoms with Gasteiger partial charge in [-0.15, -0.1) is 0 Å². The normalized spacial score (nSPS) is 15.6. The van der Waals surface area contributed by atoms with E-state index in [1.54, 1.807) is 0 Å². The van der Waals surface area contributed by atoms with E-state index in [1.165, 1.54) is 67.0 Å². The first kappa shape index (κ1) is 32.0. The SMILES string of the molecule is Cc1cc(N(C2=CC=CCC2)c2cccc3ccccc23)ccc1-c1ccc(N(c2ccccc2)C(C)/C=C\C=C2\C=CC=CC2)cc1C. The number of nitrogens with zero attached hydrogens (tertiary/aromatic N) is 2. The Morgan fingerprint density at radius 2 is 1.41 bits per heavy atom. The van der Waals surface area contributed by atoms with E-state index in [-0.39, 0.29) is 6.04 Å². The summed E-state index contributed by atoms with van der Waals surface area (Å²) in [4.78, 5) is 4.88. The standard InChI is InChI=1S/C47H44N2/c1-35-33-42(48(40-23-9-5-10-24-40)37(3)17-15-20-38-18-7-4-8-19-38)29-31-44(35)45-32-30-43(34-36(45)2)49(41-25-11-6-12-26-41)47-28-16-22-39-21-13-14-27-46(39)47/h4-11,13-18,20-25,27-34,37H,12,19,26H2,1-3H3/b17-15-,38-20-. The Morgan fingerprint density at radius 1 is 0.673 bits per heavy atom. The lowest BCUT2D eigenvalue weighted by molar-refractivity contribution is 0.863. The van der Waals surface area contributed by atoms with E-state index in [0.29, 0.717) is 0 Å². The molecule has 2 nitrogen and oxygen atoms in total. The first-order valence-corrected chi connectivity index (χ1v) is 17.5. The second-order valence-corrected chi connectivity index (χ2v) is 13.0. The Bertz CT molecular complexity index is 2140. The lowest BCUT2D eigenvalue weighted by Crippen LogP contribution is -2.26. The molecular weight excluding hydrogens is 593 g/mol. The van der Waals surface area contributed by atoms with E-state index in [1.807, 2.05) is 0 Å². The maximum atomic E-state index is 2.46. The number of para-hydroxylation sites is 1. The summed E-state index contributed by atoms with van der Waals surface area (Å²) < 4.78 is 0. The van der Waals surface area contributed by atoms with Crippen LogP contribution in [0.1, 0.15) is 37.3 Å². The van der Waals surface area contributed by atoms with Gasteiger partial charge in [-0.3, -0.25) is 0 Å². The molecule has 0 heterocycles. The van der Waals surface area contributed by atoms with E-state index in [4.69, 9.17) is 0 Å². The summed E-state index contributed by atoms with van der Waals surface area (Å²) >= 11 is 0. The number of fused-ring (bicyclic) bond motifs is 1. The van der Waals surface area contributed by atoms with Crippen molar-refractivity contribution in [3.05, 3.63) is 192 Å².